The first-order chi connectivity index (χ1) is 7.29. The van der Waals surface area contributed by atoms with Gasteiger partial charge in [-0.05, 0) is 17.7 Å². The number of anilines is 1. The molecule has 0 radical (unpaired) electrons. The summed E-state index contributed by atoms with van der Waals surface area (Å²) in [6.45, 7) is -0.259. The lowest BCUT2D eigenvalue weighted by Gasteiger charge is -2.09. The number of hydrogen-bond acceptors (Lipinski definition) is 3. The summed E-state index contributed by atoms with van der Waals surface area (Å²) in [5.74, 6) is -0.308. The predicted octanol–water partition coefficient (Wildman–Crippen LogP) is 1.45. The summed E-state index contributed by atoms with van der Waals surface area (Å²) in [5.41, 5.74) is 4.13. The summed E-state index contributed by atoms with van der Waals surface area (Å²) >= 11 is 0. The second kappa shape index (κ2) is 4.25. The molecular formula is C8H8F3N3O2. The zero-order valence-electron chi connectivity index (χ0n) is 7.88. The van der Waals surface area contributed by atoms with Crippen LogP contribution in [0.5, 0.6) is 0 Å². The average molecular weight is 235 g/mol. The maximum Gasteiger partial charge on any atom is 0.433 e. The summed E-state index contributed by atoms with van der Waals surface area (Å²) < 4.78 is 36.9. The monoisotopic (exact) mass is 235 g/mol. The average Bonchev–Trinajstić information content (AvgIpc) is 2.12. The molecule has 0 saturated carbocycles. The van der Waals surface area contributed by atoms with Gasteiger partial charge in [0, 0.05) is 6.54 Å². The minimum Gasteiger partial charge on any atom is -0.465 e. The summed E-state index contributed by atoms with van der Waals surface area (Å²) in [4.78, 5) is 13.3. The number of halogens is 3. The Morgan fingerprint density at radius 3 is 2.62 bits per heavy atom. The molecule has 1 rings (SSSR count). The van der Waals surface area contributed by atoms with Gasteiger partial charge in [-0.2, -0.15) is 13.2 Å². The maximum atomic E-state index is 12.3. The fourth-order valence-corrected chi connectivity index (χ4v) is 1.04. The maximum absolute atomic E-state index is 12.3. The molecule has 0 aliphatic carbocycles. The van der Waals surface area contributed by atoms with Crippen LogP contribution in [0.1, 0.15) is 11.3 Å². The van der Waals surface area contributed by atoms with Gasteiger partial charge in [-0.1, -0.05) is 0 Å². The van der Waals surface area contributed by atoms with E-state index in [1.54, 1.807) is 0 Å². The molecule has 0 unspecified atom stereocenters. The number of nitrogen functional groups attached to an aromatic ring is 1. The summed E-state index contributed by atoms with van der Waals surface area (Å²) in [5, 5.41) is 10.2. The van der Waals surface area contributed by atoms with Crippen LogP contribution in [-0.4, -0.2) is 16.2 Å². The molecule has 8 heteroatoms. The molecule has 5 nitrogen and oxygen atoms in total. The van der Waals surface area contributed by atoms with Gasteiger partial charge in [-0.15, -0.1) is 0 Å². The van der Waals surface area contributed by atoms with E-state index < -0.39 is 18.0 Å². The Hall–Kier alpha value is -1.99. The smallest absolute Gasteiger partial charge is 0.433 e. The van der Waals surface area contributed by atoms with Gasteiger partial charge in [0.15, 0.2) is 0 Å². The van der Waals surface area contributed by atoms with E-state index in [0.29, 0.717) is 0 Å². The number of aromatic nitrogens is 1. The van der Waals surface area contributed by atoms with Crippen molar-refractivity contribution in [2.24, 2.45) is 0 Å². The number of nitrogens with zero attached hydrogens (tertiary/aromatic N) is 1. The molecule has 16 heavy (non-hydrogen) atoms. The second-order valence-electron chi connectivity index (χ2n) is 2.94. The Morgan fingerprint density at radius 2 is 2.12 bits per heavy atom. The molecule has 0 spiro atoms. The number of amides is 1. The highest BCUT2D eigenvalue weighted by atomic mass is 19.4. The van der Waals surface area contributed by atoms with Crippen LogP contribution in [0.2, 0.25) is 0 Å². The summed E-state index contributed by atoms with van der Waals surface area (Å²) in [7, 11) is 0. The number of carbonyl (C=O) groups is 1. The van der Waals surface area contributed by atoms with E-state index in [1.165, 1.54) is 6.07 Å². The quantitative estimate of drug-likeness (QED) is 0.723. The van der Waals surface area contributed by atoms with Crippen molar-refractivity contribution in [1.82, 2.24) is 10.3 Å². The van der Waals surface area contributed by atoms with E-state index in [1.807, 2.05) is 5.32 Å². The SMILES string of the molecule is Nc1cc(CNC(=O)O)cc(C(F)(F)F)n1. The minimum absolute atomic E-state index is 0.0993. The third kappa shape index (κ3) is 3.30. The number of nitrogens with one attached hydrogen (secondary N) is 1. The van der Waals surface area contributed by atoms with Crippen molar-refractivity contribution in [3.63, 3.8) is 0 Å². The lowest BCUT2D eigenvalue weighted by Crippen LogP contribution is -2.21. The van der Waals surface area contributed by atoms with Gasteiger partial charge in [0.2, 0.25) is 0 Å². The van der Waals surface area contributed by atoms with Gasteiger partial charge in [-0.25, -0.2) is 9.78 Å². The van der Waals surface area contributed by atoms with E-state index >= 15 is 0 Å². The number of alkyl halides is 3. The molecule has 4 N–H and O–H groups in total. The van der Waals surface area contributed by atoms with Crippen LogP contribution in [0.3, 0.4) is 0 Å². The van der Waals surface area contributed by atoms with Gasteiger partial charge >= 0.3 is 12.3 Å². The Balaban J connectivity index is 2.94. The van der Waals surface area contributed by atoms with E-state index in [4.69, 9.17) is 10.8 Å². The standard InChI is InChI=1S/C8H8F3N3O2/c9-8(10,11)5-1-4(2-6(12)14-5)3-13-7(15)16/h1-2,13H,3H2,(H2,12,14)(H,15,16). The zero-order valence-corrected chi connectivity index (χ0v) is 7.88. The third-order valence-electron chi connectivity index (χ3n) is 1.64. The lowest BCUT2D eigenvalue weighted by molar-refractivity contribution is -0.141. The molecule has 88 valence electrons. The van der Waals surface area contributed by atoms with Gasteiger partial charge in [0.25, 0.3) is 0 Å². The van der Waals surface area contributed by atoms with Crippen molar-refractivity contribution >= 4 is 11.9 Å². The molecule has 0 aliphatic rings. The number of nitrogens with two attached hydrogens (primary N) is 1. The third-order valence-corrected chi connectivity index (χ3v) is 1.64. The molecule has 1 heterocycles. The number of rotatable bonds is 2. The van der Waals surface area contributed by atoms with Gasteiger partial charge in [0.05, 0.1) is 0 Å². The largest absolute Gasteiger partial charge is 0.465 e. The Morgan fingerprint density at radius 1 is 1.50 bits per heavy atom. The topological polar surface area (TPSA) is 88.2 Å². The van der Waals surface area contributed by atoms with Crippen molar-refractivity contribution in [3.05, 3.63) is 23.4 Å². The Bertz CT molecular complexity index is 406. The van der Waals surface area contributed by atoms with Crippen molar-refractivity contribution in [3.8, 4) is 0 Å². The first-order valence-electron chi connectivity index (χ1n) is 4.09. The van der Waals surface area contributed by atoms with E-state index in [0.717, 1.165) is 6.07 Å². The number of pyridine rings is 1. The molecule has 0 aromatic carbocycles. The highest BCUT2D eigenvalue weighted by molar-refractivity contribution is 5.64. The highest BCUT2D eigenvalue weighted by Crippen LogP contribution is 2.28. The van der Waals surface area contributed by atoms with E-state index in [9.17, 15) is 18.0 Å². The summed E-state index contributed by atoms with van der Waals surface area (Å²) in [6, 6.07) is 1.91. The molecule has 1 aromatic rings. The fraction of sp³-hybridized carbons (Fsp3) is 0.250. The number of carboxylic acid groups (broad SMARTS) is 1. The predicted molar refractivity (Wildman–Crippen MR) is 48.5 cm³/mol. The van der Waals surface area contributed by atoms with Crippen LogP contribution in [0.25, 0.3) is 0 Å². The van der Waals surface area contributed by atoms with Crippen molar-refractivity contribution in [2.45, 2.75) is 12.7 Å². The van der Waals surface area contributed by atoms with Gasteiger partial charge in [0.1, 0.15) is 11.5 Å². The molecule has 0 saturated heterocycles. The molecule has 1 amide bonds. The molecule has 0 fully saturated rings. The molecule has 0 aliphatic heterocycles. The molecule has 1 aromatic heterocycles. The Kier molecular flexibility index (Phi) is 3.21. The van der Waals surface area contributed by atoms with E-state index in [2.05, 4.69) is 4.98 Å². The van der Waals surface area contributed by atoms with Crippen LogP contribution in [0.4, 0.5) is 23.8 Å². The van der Waals surface area contributed by atoms with Crippen molar-refractivity contribution in [1.29, 1.82) is 0 Å². The van der Waals surface area contributed by atoms with Crippen molar-refractivity contribution < 1.29 is 23.1 Å². The first-order valence-corrected chi connectivity index (χ1v) is 4.09. The fourth-order valence-electron chi connectivity index (χ4n) is 1.04. The molecule has 0 atom stereocenters. The minimum atomic E-state index is -4.60. The van der Waals surface area contributed by atoms with Gasteiger partial charge in [-0.3, -0.25) is 0 Å². The van der Waals surface area contributed by atoms with Crippen LogP contribution >= 0.6 is 0 Å². The zero-order chi connectivity index (χ0) is 12.3. The summed E-state index contributed by atoms with van der Waals surface area (Å²) in [6.07, 6.45) is -5.93. The van der Waals surface area contributed by atoms with Crippen LogP contribution in [0, 0.1) is 0 Å². The van der Waals surface area contributed by atoms with Crippen molar-refractivity contribution in [2.75, 3.05) is 5.73 Å². The molecular weight excluding hydrogens is 227 g/mol. The Labute approximate surface area is 88.1 Å². The normalized spacial score (nSPS) is 11.2. The van der Waals surface area contributed by atoms with E-state index in [-0.39, 0.29) is 17.9 Å². The number of hydrogen-bond donors (Lipinski definition) is 3. The lowest BCUT2D eigenvalue weighted by atomic mass is 10.2. The first kappa shape index (κ1) is 12.1. The highest BCUT2D eigenvalue weighted by Gasteiger charge is 2.33. The van der Waals surface area contributed by atoms with Crippen LogP contribution < -0.4 is 11.1 Å². The van der Waals surface area contributed by atoms with Crippen LogP contribution in [-0.2, 0) is 12.7 Å². The molecule has 0 bridgehead atoms. The second-order valence-corrected chi connectivity index (χ2v) is 2.94. The van der Waals surface area contributed by atoms with Gasteiger partial charge < -0.3 is 16.2 Å². The van der Waals surface area contributed by atoms with Crippen LogP contribution in [0.15, 0.2) is 12.1 Å².